The Kier molecular flexibility index (Phi) is 5.04. The highest BCUT2D eigenvalue weighted by molar-refractivity contribution is 5.10. The van der Waals surface area contributed by atoms with Crippen LogP contribution in [-0.4, -0.2) is 62.5 Å². The van der Waals surface area contributed by atoms with Gasteiger partial charge in [-0.05, 0) is 20.0 Å². The number of likely N-dealkylation sites (N-methyl/N-ethyl adjacent to an activating group) is 1. The van der Waals surface area contributed by atoms with E-state index in [0.717, 1.165) is 31.9 Å². The first-order valence-corrected chi connectivity index (χ1v) is 8.08. The molecule has 23 heavy (non-hydrogen) atoms. The SMILES string of the molecule is CCn1ncc(CNC[C@@H]2OCCN(C)[C@H]2c2ccnn2C)n1. The summed E-state index contributed by atoms with van der Waals surface area (Å²) in [5, 5.41) is 16.3. The highest BCUT2D eigenvalue weighted by Gasteiger charge is 2.33. The zero-order valence-corrected chi connectivity index (χ0v) is 14.0. The van der Waals surface area contributed by atoms with Crippen LogP contribution in [0.2, 0.25) is 0 Å². The molecular weight excluding hydrogens is 294 g/mol. The number of nitrogens with zero attached hydrogens (tertiary/aromatic N) is 6. The van der Waals surface area contributed by atoms with E-state index in [1.54, 1.807) is 4.80 Å². The molecule has 1 saturated heterocycles. The first-order valence-electron chi connectivity index (χ1n) is 8.08. The quantitative estimate of drug-likeness (QED) is 0.820. The van der Waals surface area contributed by atoms with Crippen LogP contribution in [0.15, 0.2) is 18.5 Å². The van der Waals surface area contributed by atoms with E-state index >= 15 is 0 Å². The molecule has 2 aromatic rings. The summed E-state index contributed by atoms with van der Waals surface area (Å²) in [6, 6.07) is 2.27. The second-order valence-corrected chi connectivity index (χ2v) is 5.87. The van der Waals surface area contributed by atoms with Crippen LogP contribution < -0.4 is 5.32 Å². The van der Waals surface area contributed by atoms with Crippen molar-refractivity contribution >= 4 is 0 Å². The molecule has 1 aliphatic rings. The molecule has 2 atom stereocenters. The first kappa shape index (κ1) is 16.1. The number of hydrogen-bond acceptors (Lipinski definition) is 6. The minimum Gasteiger partial charge on any atom is -0.374 e. The Morgan fingerprint density at radius 1 is 1.35 bits per heavy atom. The van der Waals surface area contributed by atoms with E-state index in [0.29, 0.717) is 6.54 Å². The van der Waals surface area contributed by atoms with Gasteiger partial charge in [0.15, 0.2) is 0 Å². The van der Waals surface area contributed by atoms with Gasteiger partial charge in [-0.15, -0.1) is 0 Å². The molecule has 0 bridgehead atoms. The molecule has 0 aromatic carbocycles. The fraction of sp³-hybridized carbons (Fsp3) is 0.667. The van der Waals surface area contributed by atoms with Crippen LogP contribution >= 0.6 is 0 Å². The van der Waals surface area contributed by atoms with Crippen molar-refractivity contribution < 1.29 is 4.74 Å². The molecule has 0 radical (unpaired) electrons. The third-order valence-electron chi connectivity index (χ3n) is 4.28. The third-order valence-corrected chi connectivity index (χ3v) is 4.28. The minimum absolute atomic E-state index is 0.0883. The molecule has 8 heteroatoms. The molecule has 2 aromatic heterocycles. The molecule has 1 N–H and O–H groups in total. The minimum atomic E-state index is 0.0883. The van der Waals surface area contributed by atoms with Crippen LogP contribution in [0.5, 0.6) is 0 Å². The lowest BCUT2D eigenvalue weighted by molar-refractivity contribution is -0.0639. The maximum atomic E-state index is 6.02. The molecule has 0 unspecified atom stereocenters. The van der Waals surface area contributed by atoms with E-state index in [9.17, 15) is 0 Å². The predicted molar refractivity (Wildman–Crippen MR) is 85.7 cm³/mol. The van der Waals surface area contributed by atoms with Gasteiger partial charge in [-0.25, -0.2) is 0 Å². The van der Waals surface area contributed by atoms with E-state index in [1.807, 2.05) is 31.0 Å². The third kappa shape index (κ3) is 3.60. The lowest BCUT2D eigenvalue weighted by atomic mass is 10.0. The average molecular weight is 319 g/mol. The number of rotatable bonds is 6. The molecule has 8 nitrogen and oxygen atoms in total. The molecule has 126 valence electrons. The molecule has 1 aliphatic heterocycles. The summed E-state index contributed by atoms with van der Waals surface area (Å²) in [5.41, 5.74) is 2.13. The smallest absolute Gasteiger partial charge is 0.0964 e. The number of nitrogens with one attached hydrogen (secondary N) is 1. The summed E-state index contributed by atoms with van der Waals surface area (Å²) < 4.78 is 7.94. The van der Waals surface area contributed by atoms with Gasteiger partial charge < -0.3 is 10.1 Å². The van der Waals surface area contributed by atoms with Crippen molar-refractivity contribution in [2.75, 3.05) is 26.7 Å². The summed E-state index contributed by atoms with van der Waals surface area (Å²) in [5.74, 6) is 0. The molecule has 0 amide bonds. The van der Waals surface area contributed by atoms with Crippen LogP contribution in [0.1, 0.15) is 24.4 Å². The van der Waals surface area contributed by atoms with Gasteiger partial charge in [-0.3, -0.25) is 9.58 Å². The number of aromatic nitrogens is 5. The van der Waals surface area contributed by atoms with Crippen LogP contribution in [0, 0.1) is 0 Å². The number of morpholine rings is 1. The van der Waals surface area contributed by atoms with Crippen LogP contribution in [-0.2, 0) is 24.9 Å². The summed E-state index contributed by atoms with van der Waals surface area (Å²) >= 11 is 0. The first-order chi connectivity index (χ1) is 11.2. The molecule has 3 heterocycles. The highest BCUT2D eigenvalue weighted by atomic mass is 16.5. The van der Waals surface area contributed by atoms with Gasteiger partial charge in [0.1, 0.15) is 0 Å². The summed E-state index contributed by atoms with van der Waals surface area (Å²) in [4.78, 5) is 4.03. The normalized spacial score (nSPS) is 22.6. The lowest BCUT2D eigenvalue weighted by Gasteiger charge is -2.39. The number of aryl methyl sites for hydroxylation is 2. The van der Waals surface area contributed by atoms with E-state index < -0.39 is 0 Å². The van der Waals surface area contributed by atoms with Gasteiger partial charge >= 0.3 is 0 Å². The highest BCUT2D eigenvalue weighted by Crippen LogP contribution is 2.27. The Bertz CT molecular complexity index is 623. The average Bonchev–Trinajstić information content (AvgIpc) is 3.17. The van der Waals surface area contributed by atoms with E-state index in [1.165, 1.54) is 5.69 Å². The predicted octanol–water partition coefficient (Wildman–Crippen LogP) is 0.193. The second kappa shape index (κ2) is 7.20. The van der Waals surface area contributed by atoms with Gasteiger partial charge in [0, 0.05) is 32.9 Å². The zero-order chi connectivity index (χ0) is 16.2. The van der Waals surface area contributed by atoms with Crippen molar-refractivity contribution in [2.45, 2.75) is 32.2 Å². The fourth-order valence-electron chi connectivity index (χ4n) is 3.03. The number of ether oxygens (including phenoxy) is 1. The Hall–Kier alpha value is -1.77. The van der Waals surface area contributed by atoms with Crippen molar-refractivity contribution in [2.24, 2.45) is 7.05 Å². The van der Waals surface area contributed by atoms with Gasteiger partial charge in [0.25, 0.3) is 0 Å². The van der Waals surface area contributed by atoms with Crippen LogP contribution in [0.3, 0.4) is 0 Å². The van der Waals surface area contributed by atoms with Gasteiger partial charge in [0.2, 0.25) is 0 Å². The molecule has 0 aliphatic carbocycles. The Morgan fingerprint density at radius 3 is 2.91 bits per heavy atom. The van der Waals surface area contributed by atoms with Crippen molar-refractivity contribution in [3.8, 4) is 0 Å². The Labute approximate surface area is 136 Å². The molecule has 0 saturated carbocycles. The molecular formula is C15H25N7O. The maximum absolute atomic E-state index is 6.02. The van der Waals surface area contributed by atoms with E-state index in [4.69, 9.17) is 4.74 Å². The van der Waals surface area contributed by atoms with Gasteiger partial charge in [-0.2, -0.15) is 20.1 Å². The largest absolute Gasteiger partial charge is 0.374 e. The van der Waals surface area contributed by atoms with Crippen LogP contribution in [0.4, 0.5) is 0 Å². The number of hydrogen-bond donors (Lipinski definition) is 1. The van der Waals surface area contributed by atoms with E-state index in [-0.39, 0.29) is 12.1 Å². The van der Waals surface area contributed by atoms with Crippen molar-refractivity contribution in [1.82, 2.24) is 35.0 Å². The molecule has 3 rings (SSSR count). The van der Waals surface area contributed by atoms with Gasteiger partial charge in [-0.1, -0.05) is 0 Å². The second-order valence-electron chi connectivity index (χ2n) is 5.87. The standard InChI is InChI=1S/C15H25N7O/c1-4-22-18-10-12(19-22)9-16-11-14-15(20(2)7-8-23-14)13-5-6-17-21(13)3/h5-6,10,14-16H,4,7-9,11H2,1-3H3/t14-,15-/m0/s1. The zero-order valence-electron chi connectivity index (χ0n) is 14.0. The Balaban J connectivity index is 1.61. The Morgan fingerprint density at radius 2 is 2.22 bits per heavy atom. The summed E-state index contributed by atoms with van der Waals surface area (Å²) in [6.07, 6.45) is 3.74. The van der Waals surface area contributed by atoms with Crippen molar-refractivity contribution in [3.05, 3.63) is 29.8 Å². The fourth-order valence-corrected chi connectivity index (χ4v) is 3.03. The monoisotopic (exact) mass is 319 g/mol. The maximum Gasteiger partial charge on any atom is 0.0964 e. The van der Waals surface area contributed by atoms with Crippen LogP contribution in [0.25, 0.3) is 0 Å². The molecule has 0 spiro atoms. The molecule has 1 fully saturated rings. The van der Waals surface area contributed by atoms with Crippen molar-refractivity contribution in [1.29, 1.82) is 0 Å². The van der Waals surface area contributed by atoms with Gasteiger partial charge in [0.05, 0.1) is 42.9 Å². The summed E-state index contributed by atoms with van der Waals surface area (Å²) in [6.45, 7) is 5.96. The lowest BCUT2D eigenvalue weighted by Crippen LogP contribution is -2.48. The summed E-state index contributed by atoms with van der Waals surface area (Å²) in [7, 11) is 4.12. The van der Waals surface area contributed by atoms with E-state index in [2.05, 4.69) is 38.6 Å². The topological polar surface area (TPSA) is 73.0 Å². The van der Waals surface area contributed by atoms with Crippen molar-refractivity contribution in [3.63, 3.8) is 0 Å².